The number of benzene rings is 2. The predicted octanol–water partition coefficient (Wildman–Crippen LogP) is 3.28. The van der Waals surface area contributed by atoms with E-state index in [0.717, 1.165) is 35.3 Å². The quantitative estimate of drug-likeness (QED) is 0.514. The normalized spacial score (nSPS) is 11.0. The number of H-pyrrole nitrogens is 1. The zero-order chi connectivity index (χ0) is 18.6. The SMILES string of the molecule is Cc1noc(-c2ccc(C(=O)NCCCc3nc4ccccc4[nH]3)cc2)n1. The van der Waals surface area contributed by atoms with E-state index in [1.165, 1.54) is 0 Å². The van der Waals surface area contributed by atoms with E-state index in [1.54, 1.807) is 31.2 Å². The molecular weight excluding hydrogens is 342 g/mol. The summed E-state index contributed by atoms with van der Waals surface area (Å²) in [6.07, 6.45) is 1.59. The van der Waals surface area contributed by atoms with Gasteiger partial charge in [0.25, 0.3) is 11.8 Å². The summed E-state index contributed by atoms with van der Waals surface area (Å²) in [5.41, 5.74) is 3.39. The molecule has 7 heteroatoms. The van der Waals surface area contributed by atoms with Crippen molar-refractivity contribution in [3.8, 4) is 11.5 Å². The molecule has 27 heavy (non-hydrogen) atoms. The smallest absolute Gasteiger partial charge is 0.257 e. The lowest BCUT2D eigenvalue weighted by Gasteiger charge is -2.05. The Morgan fingerprint density at radius 1 is 1.11 bits per heavy atom. The van der Waals surface area contributed by atoms with Gasteiger partial charge in [-0.25, -0.2) is 4.98 Å². The Labute approximate surface area is 155 Å². The summed E-state index contributed by atoms with van der Waals surface area (Å²) >= 11 is 0. The van der Waals surface area contributed by atoms with Crippen molar-refractivity contribution in [2.75, 3.05) is 6.54 Å². The molecule has 4 rings (SSSR count). The third-order valence-corrected chi connectivity index (χ3v) is 4.24. The number of rotatable bonds is 6. The molecule has 2 N–H and O–H groups in total. The van der Waals surface area contributed by atoms with Crippen molar-refractivity contribution < 1.29 is 9.32 Å². The van der Waals surface area contributed by atoms with Crippen molar-refractivity contribution in [3.63, 3.8) is 0 Å². The number of para-hydroxylation sites is 2. The summed E-state index contributed by atoms with van der Waals surface area (Å²) in [4.78, 5) is 24.3. The Hall–Kier alpha value is -3.48. The highest BCUT2D eigenvalue weighted by Crippen LogP contribution is 2.17. The van der Waals surface area contributed by atoms with Crippen molar-refractivity contribution in [2.24, 2.45) is 0 Å². The van der Waals surface area contributed by atoms with E-state index in [4.69, 9.17) is 4.52 Å². The summed E-state index contributed by atoms with van der Waals surface area (Å²) in [7, 11) is 0. The third-order valence-electron chi connectivity index (χ3n) is 4.24. The van der Waals surface area contributed by atoms with Gasteiger partial charge >= 0.3 is 0 Å². The topological polar surface area (TPSA) is 96.7 Å². The summed E-state index contributed by atoms with van der Waals surface area (Å²) in [5, 5.41) is 6.70. The van der Waals surface area contributed by atoms with Gasteiger partial charge in [0.05, 0.1) is 11.0 Å². The Morgan fingerprint density at radius 3 is 2.67 bits per heavy atom. The number of aromatic amines is 1. The minimum Gasteiger partial charge on any atom is -0.352 e. The summed E-state index contributed by atoms with van der Waals surface area (Å²) < 4.78 is 5.12. The maximum Gasteiger partial charge on any atom is 0.257 e. The molecule has 0 atom stereocenters. The van der Waals surface area contributed by atoms with Crippen LogP contribution in [0.5, 0.6) is 0 Å². The summed E-state index contributed by atoms with van der Waals surface area (Å²) in [6.45, 7) is 2.35. The molecule has 4 aromatic rings. The first-order valence-corrected chi connectivity index (χ1v) is 8.81. The van der Waals surface area contributed by atoms with Crippen LogP contribution >= 0.6 is 0 Å². The minimum absolute atomic E-state index is 0.104. The number of aryl methyl sites for hydroxylation is 2. The van der Waals surface area contributed by atoms with Gasteiger partial charge in [0, 0.05) is 24.1 Å². The van der Waals surface area contributed by atoms with Crippen molar-refractivity contribution in [2.45, 2.75) is 19.8 Å². The van der Waals surface area contributed by atoms with Gasteiger partial charge in [-0.1, -0.05) is 17.3 Å². The third kappa shape index (κ3) is 3.87. The van der Waals surface area contributed by atoms with E-state index in [9.17, 15) is 4.79 Å². The van der Waals surface area contributed by atoms with E-state index >= 15 is 0 Å². The number of carbonyl (C=O) groups is 1. The van der Waals surface area contributed by atoms with Crippen LogP contribution in [0.4, 0.5) is 0 Å². The van der Waals surface area contributed by atoms with Crippen LogP contribution in [0.1, 0.15) is 28.4 Å². The van der Waals surface area contributed by atoms with Crippen LogP contribution in [0.3, 0.4) is 0 Å². The monoisotopic (exact) mass is 361 g/mol. The van der Waals surface area contributed by atoms with Crippen molar-refractivity contribution in [3.05, 3.63) is 65.7 Å². The average molecular weight is 361 g/mol. The van der Waals surface area contributed by atoms with Gasteiger partial charge < -0.3 is 14.8 Å². The Morgan fingerprint density at radius 2 is 1.93 bits per heavy atom. The molecule has 136 valence electrons. The second kappa shape index (κ2) is 7.41. The van der Waals surface area contributed by atoms with Gasteiger partial charge in [-0.15, -0.1) is 0 Å². The van der Waals surface area contributed by atoms with E-state index in [2.05, 4.69) is 25.4 Å². The van der Waals surface area contributed by atoms with Crippen LogP contribution < -0.4 is 5.32 Å². The fraction of sp³-hybridized carbons (Fsp3) is 0.200. The molecule has 0 aliphatic carbocycles. The largest absolute Gasteiger partial charge is 0.352 e. The number of hydrogen-bond donors (Lipinski definition) is 2. The maximum absolute atomic E-state index is 12.3. The Bertz CT molecular complexity index is 1030. The fourth-order valence-electron chi connectivity index (χ4n) is 2.86. The number of hydrogen-bond acceptors (Lipinski definition) is 5. The van der Waals surface area contributed by atoms with E-state index in [1.807, 2.05) is 24.3 Å². The number of amides is 1. The molecule has 0 radical (unpaired) electrons. The zero-order valence-electron chi connectivity index (χ0n) is 14.9. The van der Waals surface area contributed by atoms with Crippen molar-refractivity contribution >= 4 is 16.9 Å². The van der Waals surface area contributed by atoms with Gasteiger partial charge in [-0.05, 0) is 49.7 Å². The standard InChI is InChI=1S/C20H19N5O2/c1-13-22-20(27-25-13)15-10-8-14(9-11-15)19(26)21-12-4-7-18-23-16-5-2-3-6-17(16)24-18/h2-3,5-6,8-11H,4,7,12H2,1H3,(H,21,26)(H,23,24). The molecule has 0 saturated carbocycles. The van der Waals surface area contributed by atoms with Crippen LogP contribution in [0.15, 0.2) is 53.1 Å². The first kappa shape index (κ1) is 17.0. The first-order valence-electron chi connectivity index (χ1n) is 8.81. The van der Waals surface area contributed by atoms with Crippen LogP contribution in [-0.2, 0) is 6.42 Å². The highest BCUT2D eigenvalue weighted by atomic mass is 16.5. The zero-order valence-corrected chi connectivity index (χ0v) is 14.9. The first-order chi connectivity index (χ1) is 13.2. The molecule has 7 nitrogen and oxygen atoms in total. The lowest BCUT2D eigenvalue weighted by molar-refractivity contribution is 0.0953. The van der Waals surface area contributed by atoms with Crippen LogP contribution in [0.2, 0.25) is 0 Å². The highest BCUT2D eigenvalue weighted by Gasteiger charge is 2.09. The highest BCUT2D eigenvalue weighted by molar-refractivity contribution is 5.94. The Kier molecular flexibility index (Phi) is 4.65. The molecule has 0 aliphatic heterocycles. The van der Waals surface area contributed by atoms with Gasteiger partial charge in [-0.2, -0.15) is 4.98 Å². The number of nitrogens with zero attached hydrogens (tertiary/aromatic N) is 3. The molecule has 1 amide bonds. The van der Waals surface area contributed by atoms with Gasteiger partial charge in [0.1, 0.15) is 5.82 Å². The second-order valence-electron chi connectivity index (χ2n) is 6.28. The van der Waals surface area contributed by atoms with Crippen molar-refractivity contribution in [1.29, 1.82) is 0 Å². The number of nitrogens with one attached hydrogen (secondary N) is 2. The molecular formula is C20H19N5O2. The molecule has 2 heterocycles. The second-order valence-corrected chi connectivity index (χ2v) is 6.28. The lowest BCUT2D eigenvalue weighted by Crippen LogP contribution is -2.24. The molecule has 0 unspecified atom stereocenters. The molecule has 0 aliphatic rings. The molecule has 2 aromatic heterocycles. The fourth-order valence-corrected chi connectivity index (χ4v) is 2.86. The summed E-state index contributed by atoms with van der Waals surface area (Å²) in [5.74, 6) is 1.86. The van der Waals surface area contributed by atoms with E-state index in [-0.39, 0.29) is 5.91 Å². The van der Waals surface area contributed by atoms with Gasteiger partial charge in [-0.3, -0.25) is 4.79 Å². The van der Waals surface area contributed by atoms with Crippen LogP contribution in [-0.4, -0.2) is 32.6 Å². The number of imidazole rings is 1. The number of carbonyl (C=O) groups excluding carboxylic acids is 1. The Balaban J connectivity index is 1.28. The van der Waals surface area contributed by atoms with Crippen molar-refractivity contribution in [1.82, 2.24) is 25.4 Å². The molecule has 0 bridgehead atoms. The lowest BCUT2D eigenvalue weighted by atomic mass is 10.1. The van der Waals surface area contributed by atoms with Crippen LogP contribution in [0, 0.1) is 6.92 Å². The van der Waals surface area contributed by atoms with Gasteiger partial charge in [0.2, 0.25) is 0 Å². The molecule has 2 aromatic carbocycles. The number of aromatic nitrogens is 4. The molecule has 0 spiro atoms. The molecule has 0 saturated heterocycles. The minimum atomic E-state index is -0.104. The van der Waals surface area contributed by atoms with Crippen LogP contribution in [0.25, 0.3) is 22.5 Å². The van der Waals surface area contributed by atoms with E-state index in [0.29, 0.717) is 23.8 Å². The average Bonchev–Trinajstić information content (AvgIpc) is 3.31. The predicted molar refractivity (Wildman–Crippen MR) is 101 cm³/mol. The van der Waals surface area contributed by atoms with Gasteiger partial charge in [0.15, 0.2) is 5.82 Å². The molecule has 0 fully saturated rings. The maximum atomic E-state index is 12.3. The number of fused-ring (bicyclic) bond motifs is 1. The summed E-state index contributed by atoms with van der Waals surface area (Å²) in [6, 6.07) is 15.1. The van der Waals surface area contributed by atoms with E-state index < -0.39 is 0 Å².